The molecule has 1 aliphatic carbocycles. The second kappa shape index (κ2) is 5.44. The van der Waals surface area contributed by atoms with Crippen LogP contribution in [0.1, 0.15) is 33.6 Å². The molecule has 1 saturated heterocycles. The lowest BCUT2D eigenvalue weighted by atomic mass is 9.69. The van der Waals surface area contributed by atoms with Gasteiger partial charge >= 0.3 is 5.97 Å². The van der Waals surface area contributed by atoms with E-state index in [0.29, 0.717) is 11.4 Å². The molecule has 6 heteroatoms. The minimum absolute atomic E-state index is 0.110. The van der Waals surface area contributed by atoms with Gasteiger partial charge in [0, 0.05) is 22.1 Å². The highest BCUT2D eigenvalue weighted by molar-refractivity contribution is 5.91. The number of nitrogens with zero attached hydrogens (tertiary/aromatic N) is 4. The summed E-state index contributed by atoms with van der Waals surface area (Å²) in [5.41, 5.74) is 0.0863. The normalized spacial score (nSPS) is 29.5. The van der Waals surface area contributed by atoms with Crippen LogP contribution >= 0.6 is 0 Å². The van der Waals surface area contributed by atoms with Crippen molar-refractivity contribution in [1.29, 1.82) is 0 Å². The zero-order valence-electron chi connectivity index (χ0n) is 14.6. The summed E-state index contributed by atoms with van der Waals surface area (Å²) in [6, 6.07) is 7.72. The van der Waals surface area contributed by atoms with Crippen LogP contribution in [0.15, 0.2) is 52.5 Å². The largest absolute Gasteiger partial charge is 0.455 e. The van der Waals surface area contributed by atoms with Crippen molar-refractivity contribution in [3.63, 3.8) is 0 Å². The van der Waals surface area contributed by atoms with E-state index < -0.39 is 5.60 Å². The van der Waals surface area contributed by atoms with Crippen LogP contribution in [0, 0.1) is 11.3 Å². The molecule has 0 N–H and O–H groups in total. The molecule has 0 unspecified atom stereocenters. The molecule has 1 aliphatic heterocycles. The Labute approximate surface area is 146 Å². The van der Waals surface area contributed by atoms with Crippen LogP contribution in [-0.4, -0.2) is 21.8 Å². The maximum atomic E-state index is 12.4. The molecule has 1 aromatic heterocycles. The van der Waals surface area contributed by atoms with Crippen LogP contribution in [0.2, 0.25) is 0 Å². The Morgan fingerprint density at radius 2 is 2.08 bits per heavy atom. The van der Waals surface area contributed by atoms with E-state index in [4.69, 9.17) is 4.74 Å². The molecule has 2 aromatic rings. The maximum absolute atomic E-state index is 12.4. The van der Waals surface area contributed by atoms with Gasteiger partial charge in [-0.15, -0.1) is 10.2 Å². The highest BCUT2D eigenvalue weighted by atomic mass is 16.6. The van der Waals surface area contributed by atoms with Crippen LogP contribution < -0.4 is 0 Å². The molecule has 1 aromatic carbocycles. The van der Waals surface area contributed by atoms with Gasteiger partial charge in [0.25, 0.3) is 0 Å². The lowest BCUT2D eigenvalue weighted by molar-refractivity contribution is -0.172. The zero-order chi connectivity index (χ0) is 17.7. The van der Waals surface area contributed by atoms with Crippen LogP contribution in [0.5, 0.6) is 0 Å². The number of carbonyl (C=O) groups is 1. The van der Waals surface area contributed by atoms with Crippen molar-refractivity contribution < 1.29 is 9.53 Å². The smallest absolute Gasteiger partial charge is 0.336 e. The molecule has 2 fully saturated rings. The van der Waals surface area contributed by atoms with Crippen molar-refractivity contribution in [3.8, 4) is 0 Å². The molecule has 128 valence electrons. The van der Waals surface area contributed by atoms with Gasteiger partial charge in [-0.25, -0.2) is 4.79 Å². The summed E-state index contributed by atoms with van der Waals surface area (Å²) in [4.78, 5) is 12.4. The first-order valence-corrected chi connectivity index (χ1v) is 8.47. The number of carbonyl (C=O) groups excluding carboxylic acids is 1. The predicted octanol–water partition coefficient (Wildman–Crippen LogP) is 4.35. The Morgan fingerprint density at radius 1 is 1.28 bits per heavy atom. The Balaban J connectivity index is 1.67. The van der Waals surface area contributed by atoms with Crippen molar-refractivity contribution in [2.24, 2.45) is 21.6 Å². The molecule has 0 spiro atoms. The molecule has 2 bridgehead atoms. The average molecular weight is 336 g/mol. The second-order valence-corrected chi connectivity index (χ2v) is 7.49. The van der Waals surface area contributed by atoms with E-state index in [1.807, 2.05) is 31.2 Å². The lowest BCUT2D eigenvalue weighted by Gasteiger charge is -2.45. The van der Waals surface area contributed by atoms with E-state index in [-0.39, 0.29) is 17.3 Å². The molecule has 1 saturated carbocycles. The van der Waals surface area contributed by atoms with Gasteiger partial charge in [0.15, 0.2) is 0 Å². The van der Waals surface area contributed by atoms with Gasteiger partial charge in [0.2, 0.25) is 5.82 Å². The number of hydrogen-bond donors (Lipinski definition) is 0. The summed E-state index contributed by atoms with van der Waals surface area (Å²) in [6.07, 6.45) is 5.01. The minimum Gasteiger partial charge on any atom is -0.455 e. The number of esters is 1. The highest BCUT2D eigenvalue weighted by Crippen LogP contribution is 2.58. The first-order chi connectivity index (χ1) is 11.9. The van der Waals surface area contributed by atoms with E-state index in [0.717, 1.165) is 23.6 Å². The monoisotopic (exact) mass is 336 g/mol. The summed E-state index contributed by atoms with van der Waals surface area (Å²) >= 11 is 0. The summed E-state index contributed by atoms with van der Waals surface area (Å²) in [5.74, 6) is 0.290. The number of aromatic nitrogens is 2. The molecule has 4 rings (SSSR count). The lowest BCUT2D eigenvalue weighted by Crippen LogP contribution is -2.49. The minimum atomic E-state index is -0.398. The standard InChI is InChI=1S/C19H20N4O2/c1-18(2)15-8-9-19(18,3)25-17(24)14(15)11-21-23-16-13-7-5-4-6-12(13)10-20-22-16/h4-7,10-11,15H,8-9H2,1-3H3/b14-11+,23-21?/t15-,19-/m1/s1. The van der Waals surface area contributed by atoms with E-state index in [2.05, 4.69) is 34.3 Å². The summed E-state index contributed by atoms with van der Waals surface area (Å²) in [5, 5.41) is 18.1. The van der Waals surface area contributed by atoms with Gasteiger partial charge in [-0.2, -0.15) is 10.2 Å². The molecule has 25 heavy (non-hydrogen) atoms. The number of rotatable bonds is 2. The fourth-order valence-corrected chi connectivity index (χ4v) is 3.98. The molecule has 2 aliphatic rings. The number of ether oxygens (including phenoxy) is 1. The van der Waals surface area contributed by atoms with E-state index in [1.54, 1.807) is 6.20 Å². The first kappa shape index (κ1) is 15.9. The van der Waals surface area contributed by atoms with Gasteiger partial charge < -0.3 is 4.74 Å². The Kier molecular flexibility index (Phi) is 3.45. The van der Waals surface area contributed by atoms with Crippen molar-refractivity contribution >= 4 is 22.6 Å². The summed E-state index contributed by atoms with van der Waals surface area (Å²) in [7, 11) is 0. The third kappa shape index (κ3) is 2.35. The van der Waals surface area contributed by atoms with Crippen LogP contribution in [0.3, 0.4) is 0 Å². The Morgan fingerprint density at radius 3 is 2.92 bits per heavy atom. The van der Waals surface area contributed by atoms with Gasteiger partial charge in [-0.1, -0.05) is 38.1 Å². The van der Waals surface area contributed by atoms with E-state index in [1.165, 1.54) is 6.20 Å². The van der Waals surface area contributed by atoms with Crippen molar-refractivity contribution in [1.82, 2.24) is 10.2 Å². The number of benzene rings is 1. The number of fused-ring (bicyclic) bond motifs is 3. The fourth-order valence-electron chi connectivity index (χ4n) is 3.98. The quantitative estimate of drug-likeness (QED) is 0.464. The third-order valence-electron chi connectivity index (χ3n) is 5.97. The van der Waals surface area contributed by atoms with Gasteiger partial charge in [0.1, 0.15) is 5.60 Å². The van der Waals surface area contributed by atoms with Gasteiger partial charge in [-0.3, -0.25) is 0 Å². The summed E-state index contributed by atoms with van der Waals surface area (Å²) < 4.78 is 5.73. The fraction of sp³-hybridized carbons (Fsp3) is 0.421. The van der Waals surface area contributed by atoms with Gasteiger partial charge in [-0.05, 0) is 19.8 Å². The SMILES string of the molecule is CC1(C)[C@@H]2CC[C@@]1(C)OC(=O)/C2=C/N=Nc1nncc2ccccc12. The molecule has 2 atom stereocenters. The molecule has 2 heterocycles. The highest BCUT2D eigenvalue weighted by Gasteiger charge is 2.60. The molecular weight excluding hydrogens is 316 g/mol. The third-order valence-corrected chi connectivity index (χ3v) is 5.97. The predicted molar refractivity (Wildman–Crippen MR) is 93.1 cm³/mol. The van der Waals surface area contributed by atoms with Crippen LogP contribution in [0.4, 0.5) is 5.82 Å². The number of azo groups is 1. The van der Waals surface area contributed by atoms with Gasteiger partial charge in [0.05, 0.1) is 18.0 Å². The molecule has 0 amide bonds. The number of hydrogen-bond acceptors (Lipinski definition) is 6. The van der Waals surface area contributed by atoms with Crippen molar-refractivity contribution in [2.45, 2.75) is 39.2 Å². The van der Waals surface area contributed by atoms with Crippen LogP contribution in [-0.2, 0) is 9.53 Å². The second-order valence-electron chi connectivity index (χ2n) is 7.49. The Bertz CT molecular complexity index is 913. The van der Waals surface area contributed by atoms with Crippen molar-refractivity contribution in [3.05, 3.63) is 42.2 Å². The summed E-state index contributed by atoms with van der Waals surface area (Å²) in [6.45, 7) is 6.32. The zero-order valence-corrected chi connectivity index (χ0v) is 14.6. The molecule has 6 nitrogen and oxygen atoms in total. The maximum Gasteiger partial charge on any atom is 0.336 e. The topological polar surface area (TPSA) is 76.8 Å². The van der Waals surface area contributed by atoms with Crippen LogP contribution in [0.25, 0.3) is 10.8 Å². The van der Waals surface area contributed by atoms with E-state index >= 15 is 0 Å². The molecular formula is C19H20N4O2. The average Bonchev–Trinajstić information content (AvgIpc) is 2.72. The van der Waals surface area contributed by atoms with Crippen molar-refractivity contribution in [2.75, 3.05) is 0 Å². The van der Waals surface area contributed by atoms with E-state index in [9.17, 15) is 4.79 Å². The first-order valence-electron chi connectivity index (χ1n) is 8.47. The molecule has 0 radical (unpaired) electrons. The Hall–Kier alpha value is -2.63.